The molecule has 4 nitrogen and oxygen atoms in total. The Morgan fingerprint density at radius 1 is 1.56 bits per heavy atom. The predicted molar refractivity (Wildman–Crippen MR) is 65.5 cm³/mol. The van der Waals surface area contributed by atoms with E-state index in [9.17, 15) is 0 Å². The first kappa shape index (κ1) is 13.2. The highest BCUT2D eigenvalue weighted by molar-refractivity contribution is 5.00. The molecule has 1 unspecified atom stereocenters. The molecule has 0 aliphatic carbocycles. The van der Waals surface area contributed by atoms with Crippen LogP contribution in [0.1, 0.15) is 25.5 Å². The Labute approximate surface area is 98.0 Å². The number of hydrogen-bond acceptors (Lipinski definition) is 3. The van der Waals surface area contributed by atoms with E-state index in [1.807, 2.05) is 17.9 Å². The molecule has 1 rings (SSSR count). The van der Waals surface area contributed by atoms with Crippen LogP contribution < -0.4 is 5.32 Å². The molecule has 1 aromatic rings. The zero-order valence-electron chi connectivity index (χ0n) is 10.6. The van der Waals surface area contributed by atoms with E-state index in [-0.39, 0.29) is 0 Å². The lowest BCUT2D eigenvalue weighted by Gasteiger charge is -2.17. The lowest BCUT2D eigenvalue weighted by Crippen LogP contribution is -2.34. The van der Waals surface area contributed by atoms with Crippen LogP contribution in [0.15, 0.2) is 12.3 Å². The van der Waals surface area contributed by atoms with Crippen LogP contribution in [0.25, 0.3) is 0 Å². The molecule has 0 spiro atoms. The quantitative estimate of drug-likeness (QED) is 0.726. The van der Waals surface area contributed by atoms with Gasteiger partial charge in [0.25, 0.3) is 0 Å². The topological polar surface area (TPSA) is 39.1 Å². The smallest absolute Gasteiger partial charge is 0.0615 e. The summed E-state index contributed by atoms with van der Waals surface area (Å²) >= 11 is 0. The number of ether oxygens (including phenoxy) is 1. The maximum Gasteiger partial charge on any atom is 0.0615 e. The van der Waals surface area contributed by atoms with Crippen molar-refractivity contribution < 1.29 is 4.74 Å². The van der Waals surface area contributed by atoms with Crippen LogP contribution >= 0.6 is 0 Å². The van der Waals surface area contributed by atoms with E-state index in [1.54, 1.807) is 7.11 Å². The van der Waals surface area contributed by atoms with Gasteiger partial charge in [-0.15, -0.1) is 0 Å². The molecule has 0 amide bonds. The fraction of sp³-hybridized carbons (Fsp3) is 0.750. The van der Waals surface area contributed by atoms with Crippen LogP contribution in [-0.2, 0) is 18.2 Å². The summed E-state index contributed by atoms with van der Waals surface area (Å²) in [5.41, 5.74) is 1.28. The van der Waals surface area contributed by atoms with Crippen molar-refractivity contribution in [3.63, 3.8) is 0 Å². The van der Waals surface area contributed by atoms with Crippen LogP contribution in [-0.4, -0.2) is 36.1 Å². The Morgan fingerprint density at radius 3 is 2.94 bits per heavy atom. The molecule has 0 fully saturated rings. The van der Waals surface area contributed by atoms with E-state index >= 15 is 0 Å². The molecule has 1 heterocycles. The summed E-state index contributed by atoms with van der Waals surface area (Å²) in [4.78, 5) is 0. The van der Waals surface area contributed by atoms with Crippen molar-refractivity contribution in [2.75, 3.05) is 20.3 Å². The van der Waals surface area contributed by atoms with Crippen LogP contribution in [0.5, 0.6) is 0 Å². The van der Waals surface area contributed by atoms with Crippen LogP contribution in [0, 0.1) is 0 Å². The number of methoxy groups -OCH3 is 1. The minimum atomic E-state index is 0.444. The average molecular weight is 225 g/mol. The Balaban J connectivity index is 2.34. The van der Waals surface area contributed by atoms with E-state index in [1.165, 1.54) is 5.69 Å². The third-order valence-corrected chi connectivity index (χ3v) is 2.72. The van der Waals surface area contributed by atoms with Crippen molar-refractivity contribution in [1.82, 2.24) is 15.1 Å². The fourth-order valence-corrected chi connectivity index (χ4v) is 1.76. The number of nitrogens with one attached hydrogen (secondary N) is 1. The summed E-state index contributed by atoms with van der Waals surface area (Å²) in [6.45, 7) is 4.01. The molecule has 16 heavy (non-hydrogen) atoms. The van der Waals surface area contributed by atoms with Gasteiger partial charge in [-0.05, 0) is 31.9 Å². The first-order chi connectivity index (χ1) is 7.77. The third kappa shape index (κ3) is 4.33. The first-order valence-electron chi connectivity index (χ1n) is 5.97. The lowest BCUT2D eigenvalue weighted by atomic mass is 10.1. The standard InChI is InChI=1S/C12H23N3O/c1-4-8-13-11(10-16-3)5-6-12-7-9-14-15(12)2/h7,9,11,13H,4-6,8,10H2,1-3H3. The minimum absolute atomic E-state index is 0.444. The molecule has 0 saturated carbocycles. The normalized spacial score (nSPS) is 12.9. The van der Waals surface area contributed by atoms with Crippen LogP contribution in [0.4, 0.5) is 0 Å². The second-order valence-corrected chi connectivity index (χ2v) is 4.09. The third-order valence-electron chi connectivity index (χ3n) is 2.72. The molecule has 1 atom stereocenters. The summed E-state index contributed by atoms with van der Waals surface area (Å²) in [7, 11) is 3.74. The lowest BCUT2D eigenvalue weighted by molar-refractivity contribution is 0.162. The average Bonchev–Trinajstić information content (AvgIpc) is 2.68. The van der Waals surface area contributed by atoms with Gasteiger partial charge in [0.2, 0.25) is 0 Å². The zero-order valence-corrected chi connectivity index (χ0v) is 10.6. The highest BCUT2D eigenvalue weighted by Gasteiger charge is 2.08. The van der Waals surface area contributed by atoms with E-state index in [2.05, 4.69) is 23.4 Å². The Bertz CT molecular complexity index is 286. The molecule has 1 N–H and O–H groups in total. The maximum atomic E-state index is 5.22. The minimum Gasteiger partial charge on any atom is -0.383 e. The van der Waals surface area contributed by atoms with Gasteiger partial charge in [0.05, 0.1) is 6.61 Å². The molecular formula is C12H23N3O. The van der Waals surface area contributed by atoms with Gasteiger partial charge in [-0.2, -0.15) is 5.10 Å². The number of rotatable bonds is 8. The van der Waals surface area contributed by atoms with Gasteiger partial charge >= 0.3 is 0 Å². The second kappa shape index (κ2) is 7.41. The van der Waals surface area contributed by atoms with Gasteiger partial charge in [-0.3, -0.25) is 4.68 Å². The van der Waals surface area contributed by atoms with Gasteiger partial charge in [-0.25, -0.2) is 0 Å². The highest BCUT2D eigenvalue weighted by Crippen LogP contribution is 2.04. The van der Waals surface area contributed by atoms with Crippen molar-refractivity contribution in [3.05, 3.63) is 18.0 Å². The number of hydrogen-bond donors (Lipinski definition) is 1. The molecule has 4 heteroatoms. The Morgan fingerprint density at radius 2 is 2.38 bits per heavy atom. The maximum absolute atomic E-state index is 5.22. The molecule has 0 radical (unpaired) electrons. The summed E-state index contributed by atoms with van der Waals surface area (Å²) in [6, 6.07) is 2.52. The summed E-state index contributed by atoms with van der Waals surface area (Å²) in [5.74, 6) is 0. The van der Waals surface area contributed by atoms with Crippen LogP contribution in [0.3, 0.4) is 0 Å². The van der Waals surface area contributed by atoms with Gasteiger partial charge < -0.3 is 10.1 Å². The molecule has 92 valence electrons. The summed E-state index contributed by atoms with van der Waals surface area (Å²) in [6.07, 6.45) is 5.14. The first-order valence-corrected chi connectivity index (χ1v) is 5.97. The Kier molecular flexibility index (Phi) is 6.11. The van der Waals surface area contributed by atoms with Gasteiger partial charge in [0.1, 0.15) is 0 Å². The zero-order chi connectivity index (χ0) is 11.8. The van der Waals surface area contributed by atoms with Crippen molar-refractivity contribution in [3.8, 4) is 0 Å². The monoisotopic (exact) mass is 225 g/mol. The van der Waals surface area contributed by atoms with Crippen molar-refractivity contribution in [2.45, 2.75) is 32.2 Å². The molecule has 0 aliphatic heterocycles. The Hall–Kier alpha value is -0.870. The van der Waals surface area contributed by atoms with E-state index in [4.69, 9.17) is 4.74 Å². The van der Waals surface area contributed by atoms with E-state index in [0.717, 1.165) is 32.4 Å². The largest absolute Gasteiger partial charge is 0.383 e. The highest BCUT2D eigenvalue weighted by atomic mass is 16.5. The summed E-state index contributed by atoms with van der Waals surface area (Å²) in [5, 5.41) is 7.67. The number of aromatic nitrogens is 2. The van der Waals surface area contributed by atoms with Crippen molar-refractivity contribution >= 4 is 0 Å². The SMILES string of the molecule is CCCNC(CCc1ccnn1C)COC. The molecular weight excluding hydrogens is 202 g/mol. The van der Waals surface area contributed by atoms with E-state index < -0.39 is 0 Å². The van der Waals surface area contributed by atoms with Gasteiger partial charge in [0, 0.05) is 32.1 Å². The molecule has 0 aromatic carbocycles. The molecule has 0 bridgehead atoms. The van der Waals surface area contributed by atoms with Crippen LogP contribution in [0.2, 0.25) is 0 Å². The van der Waals surface area contributed by atoms with Crippen molar-refractivity contribution in [2.24, 2.45) is 7.05 Å². The fourth-order valence-electron chi connectivity index (χ4n) is 1.76. The second-order valence-electron chi connectivity index (χ2n) is 4.09. The number of nitrogens with zero attached hydrogens (tertiary/aromatic N) is 2. The van der Waals surface area contributed by atoms with Crippen molar-refractivity contribution in [1.29, 1.82) is 0 Å². The van der Waals surface area contributed by atoms with Gasteiger partial charge in [0.15, 0.2) is 0 Å². The molecule has 0 aliphatic rings. The van der Waals surface area contributed by atoms with Gasteiger partial charge in [-0.1, -0.05) is 6.92 Å². The molecule has 0 saturated heterocycles. The summed E-state index contributed by atoms with van der Waals surface area (Å²) < 4.78 is 7.15. The van der Waals surface area contributed by atoms with E-state index in [0.29, 0.717) is 6.04 Å². The number of aryl methyl sites for hydroxylation is 2. The molecule has 1 aromatic heterocycles. The predicted octanol–water partition coefficient (Wildman–Crippen LogP) is 1.37.